The Morgan fingerprint density at radius 2 is 1.97 bits per heavy atom. The number of rotatable bonds is 5. The third-order valence-corrected chi connectivity index (χ3v) is 4.83. The summed E-state index contributed by atoms with van der Waals surface area (Å²) in [5.41, 5.74) is 2.97. The number of benzene rings is 2. The molecule has 1 aliphatic heterocycles. The summed E-state index contributed by atoms with van der Waals surface area (Å²) in [5, 5.41) is 15.3. The zero-order chi connectivity index (χ0) is 21.1. The van der Waals surface area contributed by atoms with Crippen LogP contribution in [0.15, 0.2) is 76.4 Å². The minimum atomic E-state index is -0.698. The fraction of sp³-hybridized carbons (Fsp3) is 0.174. The average molecular weight is 404 g/mol. The van der Waals surface area contributed by atoms with Gasteiger partial charge in [0.25, 0.3) is 5.91 Å². The van der Waals surface area contributed by atoms with Crippen molar-refractivity contribution in [3.8, 4) is 5.75 Å². The summed E-state index contributed by atoms with van der Waals surface area (Å²) in [6.45, 7) is 1.53. The number of carbonyl (C=O) groups is 2. The quantitative estimate of drug-likeness (QED) is 0.653. The van der Waals surface area contributed by atoms with Gasteiger partial charge >= 0.3 is 5.97 Å². The Morgan fingerprint density at radius 1 is 1.17 bits per heavy atom. The predicted molar refractivity (Wildman–Crippen MR) is 109 cm³/mol. The maximum atomic E-state index is 12.8. The number of ether oxygens (including phenoxy) is 1. The summed E-state index contributed by atoms with van der Waals surface area (Å²) in [6, 6.07) is 16.8. The number of phenols is 1. The van der Waals surface area contributed by atoms with Gasteiger partial charge in [-0.2, -0.15) is 5.10 Å². The van der Waals surface area contributed by atoms with E-state index in [1.54, 1.807) is 18.4 Å². The molecular weight excluding hydrogens is 384 g/mol. The maximum absolute atomic E-state index is 12.8. The molecule has 2 heterocycles. The number of aryl methyl sites for hydroxylation is 1. The van der Waals surface area contributed by atoms with Crippen LogP contribution < -0.4 is 0 Å². The molecule has 0 saturated carbocycles. The van der Waals surface area contributed by atoms with E-state index in [9.17, 15) is 14.7 Å². The van der Waals surface area contributed by atoms with Crippen LogP contribution in [0.1, 0.15) is 39.7 Å². The SMILES string of the molecule is Cc1ccc(C2=NN(C(=O)COC(=O)c3cccc(O)c3)C(c3ccco3)C2)cc1. The van der Waals surface area contributed by atoms with Gasteiger partial charge in [-0.05, 0) is 42.8 Å². The first kappa shape index (κ1) is 19.4. The number of furan rings is 1. The molecule has 30 heavy (non-hydrogen) atoms. The molecule has 1 aromatic heterocycles. The molecule has 0 bridgehead atoms. The summed E-state index contributed by atoms with van der Waals surface area (Å²) in [6.07, 6.45) is 2.03. The molecule has 1 atom stereocenters. The second-order valence-corrected chi connectivity index (χ2v) is 7.01. The summed E-state index contributed by atoms with van der Waals surface area (Å²) in [4.78, 5) is 25.0. The number of hydrogen-bond donors (Lipinski definition) is 1. The fourth-order valence-electron chi connectivity index (χ4n) is 3.27. The molecule has 7 nitrogen and oxygen atoms in total. The number of carbonyl (C=O) groups excluding carboxylic acids is 2. The normalized spacial score (nSPS) is 15.7. The number of hydrazone groups is 1. The molecule has 152 valence electrons. The predicted octanol–water partition coefficient (Wildman–Crippen LogP) is 3.83. The van der Waals surface area contributed by atoms with Crippen molar-refractivity contribution in [3.63, 3.8) is 0 Å². The molecule has 0 saturated heterocycles. The van der Waals surface area contributed by atoms with Gasteiger partial charge < -0.3 is 14.3 Å². The second-order valence-electron chi connectivity index (χ2n) is 7.01. The van der Waals surface area contributed by atoms with Crippen molar-refractivity contribution in [3.05, 3.63) is 89.4 Å². The molecule has 0 spiro atoms. The Hall–Kier alpha value is -3.87. The van der Waals surface area contributed by atoms with Crippen LogP contribution in [0.5, 0.6) is 5.75 Å². The van der Waals surface area contributed by atoms with Gasteiger partial charge in [-0.1, -0.05) is 35.9 Å². The van der Waals surface area contributed by atoms with Crippen molar-refractivity contribution in [2.24, 2.45) is 5.10 Å². The lowest BCUT2D eigenvalue weighted by atomic mass is 10.0. The third kappa shape index (κ3) is 4.10. The van der Waals surface area contributed by atoms with E-state index in [-0.39, 0.29) is 11.3 Å². The molecule has 1 amide bonds. The Labute approximate surface area is 173 Å². The number of esters is 1. The smallest absolute Gasteiger partial charge is 0.338 e. The van der Waals surface area contributed by atoms with Crippen LogP contribution in [0.3, 0.4) is 0 Å². The topological polar surface area (TPSA) is 92.3 Å². The Balaban J connectivity index is 1.51. The van der Waals surface area contributed by atoms with Gasteiger partial charge in [-0.3, -0.25) is 4.79 Å². The molecule has 7 heteroatoms. The van der Waals surface area contributed by atoms with Crippen LogP contribution in [-0.4, -0.2) is 34.3 Å². The average Bonchev–Trinajstić information content (AvgIpc) is 3.42. The zero-order valence-corrected chi connectivity index (χ0v) is 16.3. The highest BCUT2D eigenvalue weighted by Gasteiger charge is 2.35. The lowest BCUT2D eigenvalue weighted by Gasteiger charge is -2.19. The number of amides is 1. The highest BCUT2D eigenvalue weighted by Crippen LogP contribution is 2.33. The van der Waals surface area contributed by atoms with E-state index >= 15 is 0 Å². The Morgan fingerprint density at radius 3 is 2.67 bits per heavy atom. The van der Waals surface area contributed by atoms with Crippen molar-refractivity contribution in [1.29, 1.82) is 0 Å². The van der Waals surface area contributed by atoms with Crippen LogP contribution in [0, 0.1) is 6.92 Å². The lowest BCUT2D eigenvalue weighted by Crippen LogP contribution is -2.31. The number of hydrogen-bond acceptors (Lipinski definition) is 6. The van der Waals surface area contributed by atoms with Crippen molar-refractivity contribution in [2.75, 3.05) is 6.61 Å². The highest BCUT2D eigenvalue weighted by atomic mass is 16.5. The summed E-state index contributed by atoms with van der Waals surface area (Å²) in [5.74, 6) is -0.614. The molecule has 3 aromatic rings. The van der Waals surface area contributed by atoms with Crippen LogP contribution >= 0.6 is 0 Å². The van der Waals surface area contributed by atoms with Gasteiger partial charge in [0.15, 0.2) is 6.61 Å². The van der Waals surface area contributed by atoms with Gasteiger partial charge in [0.05, 0.1) is 17.5 Å². The molecule has 4 rings (SSSR count). The van der Waals surface area contributed by atoms with Gasteiger partial charge in [0, 0.05) is 6.42 Å². The van der Waals surface area contributed by atoms with Gasteiger partial charge in [-0.25, -0.2) is 9.80 Å². The van der Waals surface area contributed by atoms with E-state index in [1.807, 2.05) is 31.2 Å². The standard InChI is InChI=1S/C23H20N2O5/c1-15-7-9-16(10-8-15)19-13-20(21-6-3-11-29-21)25(24-19)22(27)14-30-23(28)17-4-2-5-18(26)12-17/h2-12,20,26H,13-14H2,1H3. The zero-order valence-electron chi connectivity index (χ0n) is 16.3. The van der Waals surface area contributed by atoms with Gasteiger partial charge in [0.2, 0.25) is 0 Å². The number of nitrogens with zero attached hydrogens (tertiary/aromatic N) is 2. The molecule has 0 radical (unpaired) electrons. The minimum Gasteiger partial charge on any atom is -0.508 e. The Bertz CT molecular complexity index is 1090. The number of aromatic hydroxyl groups is 1. The van der Waals surface area contributed by atoms with E-state index < -0.39 is 24.5 Å². The van der Waals surface area contributed by atoms with E-state index in [4.69, 9.17) is 9.15 Å². The number of phenolic OH excluding ortho intramolecular Hbond substituents is 1. The van der Waals surface area contributed by atoms with E-state index in [0.29, 0.717) is 12.2 Å². The van der Waals surface area contributed by atoms with Crippen LogP contribution in [0.25, 0.3) is 0 Å². The molecule has 2 aromatic carbocycles. The highest BCUT2D eigenvalue weighted by molar-refractivity contribution is 6.03. The van der Waals surface area contributed by atoms with Gasteiger partial charge in [-0.15, -0.1) is 0 Å². The lowest BCUT2D eigenvalue weighted by molar-refractivity contribution is -0.136. The first-order valence-electron chi connectivity index (χ1n) is 9.47. The monoisotopic (exact) mass is 404 g/mol. The largest absolute Gasteiger partial charge is 0.508 e. The Kier molecular flexibility index (Phi) is 5.34. The van der Waals surface area contributed by atoms with E-state index in [2.05, 4.69) is 5.10 Å². The van der Waals surface area contributed by atoms with Crippen LogP contribution in [0.2, 0.25) is 0 Å². The van der Waals surface area contributed by atoms with Crippen LogP contribution in [0.4, 0.5) is 0 Å². The molecule has 0 aliphatic carbocycles. The van der Waals surface area contributed by atoms with Crippen molar-refractivity contribution in [2.45, 2.75) is 19.4 Å². The molecule has 1 N–H and O–H groups in total. The van der Waals surface area contributed by atoms with Crippen molar-refractivity contribution >= 4 is 17.6 Å². The summed E-state index contributed by atoms with van der Waals surface area (Å²) < 4.78 is 10.6. The maximum Gasteiger partial charge on any atom is 0.338 e. The third-order valence-electron chi connectivity index (χ3n) is 4.83. The molecular formula is C23H20N2O5. The summed E-state index contributed by atoms with van der Waals surface area (Å²) >= 11 is 0. The first-order valence-corrected chi connectivity index (χ1v) is 9.47. The van der Waals surface area contributed by atoms with Crippen molar-refractivity contribution < 1.29 is 23.8 Å². The molecule has 0 fully saturated rings. The second kappa shape index (κ2) is 8.24. The first-order chi connectivity index (χ1) is 14.5. The van der Waals surface area contributed by atoms with E-state index in [0.717, 1.165) is 16.8 Å². The molecule has 1 unspecified atom stereocenters. The van der Waals surface area contributed by atoms with Gasteiger partial charge in [0.1, 0.15) is 17.6 Å². The van der Waals surface area contributed by atoms with Crippen LogP contribution in [-0.2, 0) is 9.53 Å². The minimum absolute atomic E-state index is 0.0551. The van der Waals surface area contributed by atoms with Crippen molar-refractivity contribution in [1.82, 2.24) is 5.01 Å². The van der Waals surface area contributed by atoms with E-state index in [1.165, 1.54) is 29.3 Å². The summed E-state index contributed by atoms with van der Waals surface area (Å²) in [7, 11) is 0. The molecule has 1 aliphatic rings. The fourth-order valence-corrected chi connectivity index (χ4v) is 3.27.